The van der Waals surface area contributed by atoms with Gasteiger partial charge in [-0.05, 0) is 43.2 Å². The van der Waals surface area contributed by atoms with Gasteiger partial charge < -0.3 is 9.84 Å². The first kappa shape index (κ1) is 21.1. The molecule has 0 aliphatic carbocycles. The van der Waals surface area contributed by atoms with E-state index in [-0.39, 0.29) is 30.2 Å². The van der Waals surface area contributed by atoms with E-state index in [0.717, 1.165) is 6.42 Å². The molecule has 4 rings (SSSR count). The van der Waals surface area contributed by atoms with E-state index < -0.39 is 25.6 Å². The Morgan fingerprint density at radius 3 is 2.57 bits per heavy atom. The highest BCUT2D eigenvalue weighted by molar-refractivity contribution is 7.92. The van der Waals surface area contributed by atoms with E-state index in [1.54, 1.807) is 24.3 Å². The molecule has 1 atom stereocenters. The molecule has 162 valence electrons. The first-order valence-corrected chi connectivity index (χ1v) is 12.9. The fourth-order valence-corrected chi connectivity index (χ4v) is 6.52. The molecule has 0 unspecified atom stereocenters. The predicted molar refractivity (Wildman–Crippen MR) is 112 cm³/mol. The van der Waals surface area contributed by atoms with Crippen molar-refractivity contribution in [2.45, 2.75) is 29.8 Å². The lowest BCUT2D eigenvalue weighted by atomic mass is 9.88. The number of nitrogens with zero attached hydrogens (tertiary/aromatic N) is 1. The number of para-hydroxylation sites is 1. The van der Waals surface area contributed by atoms with Gasteiger partial charge in [0.05, 0.1) is 22.9 Å². The molecule has 2 aliphatic rings. The van der Waals surface area contributed by atoms with Gasteiger partial charge in [-0.3, -0.25) is 4.31 Å². The maximum atomic E-state index is 12.8. The normalized spacial score (nSPS) is 23.4. The van der Waals surface area contributed by atoms with Crippen molar-refractivity contribution < 1.29 is 26.7 Å². The van der Waals surface area contributed by atoms with Gasteiger partial charge in [-0.2, -0.15) is 0 Å². The maximum Gasteiger partial charge on any atom is 0.240 e. The molecule has 2 heterocycles. The van der Waals surface area contributed by atoms with Gasteiger partial charge in [0.2, 0.25) is 20.0 Å². The van der Waals surface area contributed by atoms with Crippen LogP contribution in [0, 0.1) is 0 Å². The second kappa shape index (κ2) is 7.84. The molecular weight excluding hydrogens is 428 g/mol. The molecule has 2 N–H and O–H groups in total. The lowest BCUT2D eigenvalue weighted by Gasteiger charge is -2.34. The minimum absolute atomic E-state index is 0.00426. The van der Waals surface area contributed by atoms with Crippen LogP contribution in [0.25, 0.3) is 0 Å². The van der Waals surface area contributed by atoms with E-state index in [1.807, 2.05) is 0 Å². The van der Waals surface area contributed by atoms with Crippen molar-refractivity contribution >= 4 is 25.7 Å². The summed E-state index contributed by atoms with van der Waals surface area (Å²) >= 11 is 0. The third kappa shape index (κ3) is 4.04. The minimum Gasteiger partial charge on any atom is -0.493 e. The third-order valence-electron chi connectivity index (χ3n) is 5.50. The fraction of sp³-hybridized carbons (Fsp3) is 0.400. The van der Waals surface area contributed by atoms with Crippen LogP contribution in [-0.2, 0) is 25.6 Å². The smallest absolute Gasteiger partial charge is 0.240 e. The molecule has 2 aliphatic heterocycles. The summed E-state index contributed by atoms with van der Waals surface area (Å²) in [4.78, 5) is 0.00426. The average molecular weight is 453 g/mol. The Morgan fingerprint density at radius 2 is 1.83 bits per heavy atom. The third-order valence-corrected chi connectivity index (χ3v) is 8.79. The van der Waals surface area contributed by atoms with Crippen molar-refractivity contribution in [2.24, 2.45) is 0 Å². The highest BCUT2D eigenvalue weighted by Gasteiger charge is 2.36. The van der Waals surface area contributed by atoms with Crippen LogP contribution in [0.1, 0.15) is 24.8 Å². The molecule has 0 radical (unpaired) electrons. The zero-order valence-electron chi connectivity index (χ0n) is 16.3. The van der Waals surface area contributed by atoms with Crippen molar-refractivity contribution in [1.29, 1.82) is 0 Å². The van der Waals surface area contributed by atoms with Crippen LogP contribution < -0.4 is 13.8 Å². The number of fused-ring (bicyclic) bond motifs is 1. The Bertz CT molecular complexity index is 1130. The molecule has 0 saturated carbocycles. The molecule has 2 aromatic carbocycles. The maximum absolute atomic E-state index is 12.8. The second-order valence-electron chi connectivity index (χ2n) is 7.54. The van der Waals surface area contributed by atoms with Crippen LogP contribution in [0.4, 0.5) is 5.69 Å². The van der Waals surface area contributed by atoms with Gasteiger partial charge in [0, 0.05) is 25.1 Å². The van der Waals surface area contributed by atoms with Crippen molar-refractivity contribution in [3.8, 4) is 5.75 Å². The van der Waals surface area contributed by atoms with E-state index in [0.29, 0.717) is 30.0 Å². The van der Waals surface area contributed by atoms with Crippen LogP contribution >= 0.6 is 0 Å². The second-order valence-corrected chi connectivity index (χ2v) is 11.3. The number of hydrogen-bond donors (Lipinski definition) is 2. The summed E-state index contributed by atoms with van der Waals surface area (Å²) in [6, 6.07) is 12.8. The van der Waals surface area contributed by atoms with Crippen molar-refractivity contribution in [1.82, 2.24) is 4.72 Å². The van der Waals surface area contributed by atoms with E-state index in [4.69, 9.17) is 4.74 Å². The topological polar surface area (TPSA) is 113 Å². The van der Waals surface area contributed by atoms with Gasteiger partial charge >= 0.3 is 0 Å². The van der Waals surface area contributed by atoms with Gasteiger partial charge in [0.25, 0.3) is 0 Å². The Kier molecular flexibility index (Phi) is 5.52. The number of hydrogen-bond acceptors (Lipinski definition) is 6. The number of ether oxygens (including phenoxy) is 1. The van der Waals surface area contributed by atoms with Crippen LogP contribution in [0.3, 0.4) is 0 Å². The van der Waals surface area contributed by atoms with Crippen LogP contribution in [0.2, 0.25) is 0 Å². The molecule has 0 spiro atoms. The number of sulfonamides is 2. The first-order chi connectivity index (χ1) is 14.2. The van der Waals surface area contributed by atoms with Gasteiger partial charge in [-0.25, -0.2) is 21.6 Å². The molecule has 2 aromatic rings. The molecule has 1 fully saturated rings. The summed E-state index contributed by atoms with van der Waals surface area (Å²) in [7, 11) is -7.26. The zero-order chi connectivity index (χ0) is 21.4. The largest absolute Gasteiger partial charge is 0.493 e. The van der Waals surface area contributed by atoms with Gasteiger partial charge in [-0.15, -0.1) is 0 Å². The summed E-state index contributed by atoms with van der Waals surface area (Å²) in [6.45, 7) is 0.480. The molecule has 0 bridgehead atoms. The van der Waals surface area contributed by atoms with Crippen molar-refractivity contribution in [3.05, 3.63) is 54.1 Å². The summed E-state index contributed by atoms with van der Waals surface area (Å²) in [5, 5.41) is 11.0. The zero-order valence-corrected chi connectivity index (χ0v) is 18.0. The van der Waals surface area contributed by atoms with Crippen LogP contribution in [0.15, 0.2) is 53.4 Å². The van der Waals surface area contributed by atoms with Crippen molar-refractivity contribution in [3.63, 3.8) is 0 Å². The van der Waals surface area contributed by atoms with E-state index in [2.05, 4.69) is 4.72 Å². The number of rotatable bonds is 5. The standard InChI is InChI=1S/C20H24N2O6S2/c23-20(11-13-28-19-6-2-1-5-18(19)20)15-21-30(26,27)17-9-7-16(8-10-17)22-12-3-4-14-29(22,24)25/h1-2,5-10,21,23H,3-4,11-15H2/t20-/m1/s1. The SMILES string of the molecule is O=S(=O)(NC[C@]1(O)CCOc2ccccc21)c1ccc(N2CCCCS2(=O)=O)cc1. The van der Waals surface area contributed by atoms with Crippen LogP contribution in [0.5, 0.6) is 5.75 Å². The Hall–Kier alpha value is -2.14. The number of nitrogens with one attached hydrogen (secondary N) is 1. The van der Waals surface area contributed by atoms with Gasteiger partial charge in [-0.1, -0.05) is 18.2 Å². The molecule has 0 amide bonds. The molecule has 0 aromatic heterocycles. The quantitative estimate of drug-likeness (QED) is 0.712. The first-order valence-electron chi connectivity index (χ1n) is 9.76. The van der Waals surface area contributed by atoms with E-state index in [1.165, 1.54) is 28.6 Å². The Morgan fingerprint density at radius 1 is 1.10 bits per heavy atom. The summed E-state index contributed by atoms with van der Waals surface area (Å²) in [6.07, 6.45) is 1.66. The number of benzene rings is 2. The lowest BCUT2D eigenvalue weighted by molar-refractivity contribution is 0.00219. The van der Waals surface area contributed by atoms with Gasteiger partial charge in [0.15, 0.2) is 0 Å². The fourth-order valence-electron chi connectivity index (χ4n) is 3.79. The lowest BCUT2D eigenvalue weighted by Crippen LogP contribution is -2.43. The predicted octanol–water partition coefficient (Wildman–Crippen LogP) is 1.57. The molecule has 8 nitrogen and oxygen atoms in total. The Labute approximate surface area is 176 Å². The number of anilines is 1. The van der Waals surface area contributed by atoms with E-state index >= 15 is 0 Å². The highest BCUT2D eigenvalue weighted by Crippen LogP contribution is 2.36. The van der Waals surface area contributed by atoms with Crippen LogP contribution in [-0.4, -0.2) is 47.4 Å². The summed E-state index contributed by atoms with van der Waals surface area (Å²) < 4.78 is 59.3. The number of aliphatic hydroxyl groups is 1. The highest BCUT2D eigenvalue weighted by atomic mass is 32.2. The molecular formula is C20H24N2O6S2. The summed E-state index contributed by atoms with van der Waals surface area (Å²) in [5.41, 5.74) is -0.376. The summed E-state index contributed by atoms with van der Waals surface area (Å²) in [5.74, 6) is 0.635. The van der Waals surface area contributed by atoms with Gasteiger partial charge in [0.1, 0.15) is 11.4 Å². The molecule has 10 heteroatoms. The monoisotopic (exact) mass is 452 g/mol. The average Bonchev–Trinajstić information content (AvgIpc) is 2.73. The van der Waals surface area contributed by atoms with E-state index in [9.17, 15) is 21.9 Å². The van der Waals surface area contributed by atoms with Crippen molar-refractivity contribution in [2.75, 3.05) is 29.8 Å². The minimum atomic E-state index is -3.90. The molecule has 30 heavy (non-hydrogen) atoms. The molecule has 1 saturated heterocycles. The Balaban J connectivity index is 1.51.